The number of anilines is 1. The number of carbonyl (C=O) groups is 3. The molecule has 3 aromatic rings. The van der Waals surface area contributed by atoms with Crippen LogP contribution in [0.5, 0.6) is 5.75 Å². The van der Waals surface area contributed by atoms with Crippen molar-refractivity contribution >= 4 is 23.3 Å². The molecule has 0 spiro atoms. The van der Waals surface area contributed by atoms with Crippen molar-refractivity contribution in [1.29, 1.82) is 5.26 Å². The highest BCUT2D eigenvalue weighted by molar-refractivity contribution is 5.97. The van der Waals surface area contributed by atoms with Crippen LogP contribution in [0.15, 0.2) is 66.9 Å². The van der Waals surface area contributed by atoms with Crippen LogP contribution in [0.1, 0.15) is 76.9 Å². The van der Waals surface area contributed by atoms with Gasteiger partial charge >= 0.3 is 0 Å². The average Bonchev–Trinajstić information content (AvgIpc) is 3.93. The fraction of sp³-hybridized carbons (Fsp3) is 0.417. The summed E-state index contributed by atoms with van der Waals surface area (Å²) in [7, 11) is 0. The molecule has 0 bridgehead atoms. The summed E-state index contributed by atoms with van der Waals surface area (Å²) in [5, 5.41) is 11.9. The van der Waals surface area contributed by atoms with Gasteiger partial charge in [0.1, 0.15) is 17.5 Å². The van der Waals surface area contributed by atoms with Gasteiger partial charge in [0.2, 0.25) is 5.91 Å². The van der Waals surface area contributed by atoms with Crippen LogP contribution < -0.4 is 10.1 Å². The molecule has 1 saturated carbocycles. The molecule has 0 atom stereocenters. The molecular formula is C36H39N5O4. The van der Waals surface area contributed by atoms with E-state index < -0.39 is 0 Å². The van der Waals surface area contributed by atoms with Gasteiger partial charge in [-0.15, -0.1) is 0 Å². The lowest BCUT2D eigenvalue weighted by atomic mass is 9.90. The first-order chi connectivity index (χ1) is 21.9. The van der Waals surface area contributed by atoms with Crippen molar-refractivity contribution in [3.63, 3.8) is 0 Å². The SMILES string of the molecule is N#Cc1ccc(CN2CCC(CC(=O)c3ccc(C(=O)N4CCC(Oc5cccc(NC(=O)C6CC6)c5)CC4)nc3)CC2)cc1. The summed E-state index contributed by atoms with van der Waals surface area (Å²) in [5.41, 5.74) is 3.51. The highest BCUT2D eigenvalue weighted by atomic mass is 16.5. The van der Waals surface area contributed by atoms with Gasteiger partial charge in [0, 0.05) is 68.3 Å². The standard InChI is InChI=1S/C36H39N5O4/c37-22-26-4-6-27(7-5-26)24-40-16-12-25(13-17-40)20-34(42)29-10-11-33(38-23-29)36(44)41-18-14-31(15-19-41)45-32-3-1-2-30(21-32)39-35(43)28-8-9-28/h1-7,10-11,21,23,25,28,31H,8-9,12-20,24H2,(H,39,43). The smallest absolute Gasteiger partial charge is 0.272 e. The van der Waals surface area contributed by atoms with Crippen LogP contribution >= 0.6 is 0 Å². The number of benzene rings is 2. The fourth-order valence-corrected chi connectivity index (χ4v) is 6.13. The molecule has 1 aromatic heterocycles. The molecule has 3 fully saturated rings. The van der Waals surface area contributed by atoms with E-state index in [2.05, 4.69) is 21.3 Å². The number of nitrogens with one attached hydrogen (secondary N) is 1. The molecule has 45 heavy (non-hydrogen) atoms. The molecular weight excluding hydrogens is 566 g/mol. The van der Waals surface area contributed by atoms with Gasteiger partial charge in [-0.1, -0.05) is 18.2 Å². The summed E-state index contributed by atoms with van der Waals surface area (Å²) >= 11 is 0. The largest absolute Gasteiger partial charge is 0.490 e. The molecule has 3 aliphatic rings. The van der Waals surface area contributed by atoms with Gasteiger partial charge < -0.3 is 15.0 Å². The van der Waals surface area contributed by atoms with Crippen LogP contribution in [0.3, 0.4) is 0 Å². The maximum atomic E-state index is 13.1. The third kappa shape index (κ3) is 8.14. The van der Waals surface area contributed by atoms with E-state index in [9.17, 15) is 14.4 Å². The summed E-state index contributed by atoms with van der Waals surface area (Å²) in [6.45, 7) is 3.86. The summed E-state index contributed by atoms with van der Waals surface area (Å²) in [6.07, 6.45) is 7.27. The maximum absolute atomic E-state index is 13.1. The Balaban J connectivity index is 0.926. The van der Waals surface area contributed by atoms with Crippen LogP contribution in [-0.2, 0) is 11.3 Å². The lowest BCUT2D eigenvalue weighted by Crippen LogP contribution is -2.42. The number of nitriles is 1. The Labute approximate surface area is 264 Å². The minimum atomic E-state index is -0.133. The topological polar surface area (TPSA) is 116 Å². The van der Waals surface area contributed by atoms with Crippen LogP contribution in [0.25, 0.3) is 0 Å². The van der Waals surface area contributed by atoms with E-state index in [4.69, 9.17) is 10.00 Å². The molecule has 1 aliphatic carbocycles. The second kappa shape index (κ2) is 14.0. The Hall–Kier alpha value is -4.55. The van der Waals surface area contributed by atoms with E-state index in [-0.39, 0.29) is 29.6 Å². The first-order valence-corrected chi connectivity index (χ1v) is 16.0. The molecule has 9 heteroatoms. The number of pyridine rings is 1. The molecule has 2 aromatic carbocycles. The average molecular weight is 606 g/mol. The first kappa shape index (κ1) is 30.5. The van der Waals surface area contributed by atoms with Crippen molar-refractivity contribution < 1.29 is 19.1 Å². The number of piperidine rings is 2. The number of aromatic nitrogens is 1. The number of nitrogens with zero attached hydrogens (tertiary/aromatic N) is 4. The summed E-state index contributed by atoms with van der Waals surface area (Å²) in [5.74, 6) is 1.20. The summed E-state index contributed by atoms with van der Waals surface area (Å²) < 4.78 is 6.18. The number of ether oxygens (including phenoxy) is 1. The molecule has 2 amide bonds. The van der Waals surface area contributed by atoms with E-state index >= 15 is 0 Å². The number of hydrogen-bond donors (Lipinski definition) is 1. The third-order valence-corrected chi connectivity index (χ3v) is 9.06. The Kier molecular flexibility index (Phi) is 9.51. The zero-order valence-corrected chi connectivity index (χ0v) is 25.5. The molecule has 232 valence electrons. The van der Waals surface area contributed by atoms with Gasteiger partial charge in [0.25, 0.3) is 5.91 Å². The molecule has 1 N–H and O–H groups in total. The molecule has 3 heterocycles. The molecule has 6 rings (SSSR count). The third-order valence-electron chi connectivity index (χ3n) is 9.06. The number of rotatable bonds is 10. The fourth-order valence-electron chi connectivity index (χ4n) is 6.13. The van der Waals surface area contributed by atoms with E-state index in [1.54, 1.807) is 23.2 Å². The molecule has 0 radical (unpaired) electrons. The maximum Gasteiger partial charge on any atom is 0.272 e. The number of likely N-dealkylation sites (tertiary alicyclic amines) is 2. The van der Waals surface area contributed by atoms with Crippen LogP contribution in [0.4, 0.5) is 5.69 Å². The van der Waals surface area contributed by atoms with Crippen LogP contribution in [0, 0.1) is 23.2 Å². The normalized spacial score (nSPS) is 17.8. The summed E-state index contributed by atoms with van der Waals surface area (Å²) in [6, 6.07) is 20.8. The predicted octanol–water partition coefficient (Wildman–Crippen LogP) is 5.47. The van der Waals surface area contributed by atoms with Gasteiger partial charge in [0.05, 0.1) is 11.6 Å². The summed E-state index contributed by atoms with van der Waals surface area (Å²) in [4.78, 5) is 46.8. The number of Topliss-reactive ketones (excluding diaryl/α,β-unsaturated/α-hetero) is 1. The molecule has 0 unspecified atom stereocenters. The van der Waals surface area contributed by atoms with Gasteiger partial charge in [0.15, 0.2) is 5.78 Å². The second-order valence-corrected chi connectivity index (χ2v) is 12.5. The van der Waals surface area contributed by atoms with Gasteiger partial charge in [-0.2, -0.15) is 5.26 Å². The quantitative estimate of drug-likeness (QED) is 0.305. The van der Waals surface area contributed by atoms with E-state index in [1.165, 1.54) is 5.56 Å². The minimum absolute atomic E-state index is 0.0146. The van der Waals surface area contributed by atoms with Crippen molar-refractivity contribution in [2.45, 2.75) is 57.6 Å². The second-order valence-electron chi connectivity index (χ2n) is 12.5. The van der Waals surface area contributed by atoms with Crippen LogP contribution in [-0.4, -0.2) is 64.7 Å². The van der Waals surface area contributed by atoms with E-state index in [0.717, 1.165) is 51.0 Å². The monoisotopic (exact) mass is 605 g/mol. The highest BCUT2D eigenvalue weighted by Crippen LogP contribution is 2.31. The van der Waals surface area contributed by atoms with Crippen molar-refractivity contribution in [3.8, 4) is 11.8 Å². The highest BCUT2D eigenvalue weighted by Gasteiger charge is 2.30. The Morgan fingerprint density at radius 1 is 0.911 bits per heavy atom. The van der Waals surface area contributed by atoms with Crippen LogP contribution in [0.2, 0.25) is 0 Å². The lowest BCUT2D eigenvalue weighted by molar-refractivity contribution is -0.117. The van der Waals surface area contributed by atoms with Gasteiger partial charge in [-0.05, 0) is 86.7 Å². The van der Waals surface area contributed by atoms with Crippen molar-refractivity contribution in [2.24, 2.45) is 11.8 Å². The predicted molar refractivity (Wildman–Crippen MR) is 170 cm³/mol. The van der Waals surface area contributed by atoms with E-state index in [1.807, 2.05) is 48.5 Å². The first-order valence-electron chi connectivity index (χ1n) is 16.0. The number of carbonyl (C=O) groups excluding carboxylic acids is 3. The Bertz CT molecular complexity index is 1550. The molecule has 9 nitrogen and oxygen atoms in total. The molecule has 2 saturated heterocycles. The number of amides is 2. The van der Waals surface area contributed by atoms with Gasteiger partial charge in [-0.3, -0.25) is 24.3 Å². The van der Waals surface area contributed by atoms with Crippen molar-refractivity contribution in [1.82, 2.24) is 14.8 Å². The number of hydrogen-bond acceptors (Lipinski definition) is 7. The van der Waals surface area contributed by atoms with Crippen molar-refractivity contribution in [3.05, 3.63) is 89.2 Å². The number of ketones is 1. The molecule has 2 aliphatic heterocycles. The zero-order chi connectivity index (χ0) is 31.2. The Morgan fingerprint density at radius 2 is 1.67 bits per heavy atom. The zero-order valence-electron chi connectivity index (χ0n) is 25.5. The Morgan fingerprint density at radius 3 is 2.33 bits per heavy atom. The van der Waals surface area contributed by atoms with E-state index in [0.29, 0.717) is 60.8 Å². The van der Waals surface area contributed by atoms with Crippen molar-refractivity contribution in [2.75, 3.05) is 31.5 Å². The van der Waals surface area contributed by atoms with Gasteiger partial charge in [-0.25, -0.2) is 0 Å². The minimum Gasteiger partial charge on any atom is -0.490 e. The lowest BCUT2D eigenvalue weighted by Gasteiger charge is -2.32.